The minimum absolute atomic E-state index is 0.000466. The molecular weight excluding hydrogens is 206 g/mol. The summed E-state index contributed by atoms with van der Waals surface area (Å²) in [5.41, 5.74) is 0. The lowest BCUT2D eigenvalue weighted by Gasteiger charge is -2.10. The molecule has 1 atom stereocenters. The normalized spacial score (nSPS) is 19.9. The van der Waals surface area contributed by atoms with E-state index in [1.54, 1.807) is 6.33 Å². The van der Waals surface area contributed by atoms with Gasteiger partial charge >= 0.3 is 0 Å². The van der Waals surface area contributed by atoms with E-state index < -0.39 is 0 Å². The molecule has 1 aliphatic rings. The van der Waals surface area contributed by atoms with Crippen molar-refractivity contribution in [2.45, 2.75) is 25.3 Å². The van der Waals surface area contributed by atoms with Gasteiger partial charge in [0.15, 0.2) is 0 Å². The van der Waals surface area contributed by atoms with E-state index in [0.29, 0.717) is 6.54 Å². The number of nitrogens with one attached hydrogen (secondary N) is 2. The number of hydrogen-bond acceptors (Lipinski definition) is 4. The van der Waals surface area contributed by atoms with Gasteiger partial charge in [0.25, 0.3) is 0 Å². The molecule has 6 nitrogen and oxygen atoms in total. The summed E-state index contributed by atoms with van der Waals surface area (Å²) in [5.74, 6) is 0.986. The van der Waals surface area contributed by atoms with Gasteiger partial charge in [-0.1, -0.05) is 0 Å². The highest BCUT2D eigenvalue weighted by Crippen LogP contribution is 2.04. The van der Waals surface area contributed by atoms with Crippen molar-refractivity contribution in [3.63, 3.8) is 0 Å². The first-order valence-electron chi connectivity index (χ1n) is 5.61. The topological polar surface area (TPSA) is 71.8 Å². The molecule has 0 aliphatic carbocycles. The molecule has 0 spiro atoms. The van der Waals surface area contributed by atoms with E-state index in [0.717, 1.165) is 31.6 Å². The van der Waals surface area contributed by atoms with Gasteiger partial charge in [-0.15, -0.1) is 10.2 Å². The number of carbonyl (C=O) groups is 1. The fourth-order valence-corrected chi connectivity index (χ4v) is 1.86. The Balaban J connectivity index is 1.71. The van der Waals surface area contributed by atoms with Crippen LogP contribution in [-0.4, -0.2) is 39.8 Å². The van der Waals surface area contributed by atoms with E-state index in [1.807, 2.05) is 11.6 Å². The largest absolute Gasteiger partial charge is 0.354 e. The van der Waals surface area contributed by atoms with Crippen LogP contribution in [0.25, 0.3) is 0 Å². The summed E-state index contributed by atoms with van der Waals surface area (Å²) in [5, 5.41) is 13.8. The van der Waals surface area contributed by atoms with Crippen LogP contribution in [0.2, 0.25) is 0 Å². The summed E-state index contributed by atoms with van der Waals surface area (Å²) < 4.78 is 1.86. The van der Waals surface area contributed by atoms with E-state index in [2.05, 4.69) is 20.8 Å². The maximum absolute atomic E-state index is 11.6. The van der Waals surface area contributed by atoms with Crippen molar-refractivity contribution in [2.75, 3.05) is 13.1 Å². The molecule has 1 amide bonds. The molecule has 88 valence electrons. The Morgan fingerprint density at radius 3 is 3.25 bits per heavy atom. The van der Waals surface area contributed by atoms with Gasteiger partial charge in [-0.05, 0) is 19.4 Å². The number of aromatic nitrogens is 3. The Hall–Kier alpha value is -1.43. The van der Waals surface area contributed by atoms with Gasteiger partial charge in [0.2, 0.25) is 5.91 Å². The molecule has 1 aliphatic heterocycles. The number of nitrogens with zero attached hydrogens (tertiary/aromatic N) is 3. The third-order valence-corrected chi connectivity index (χ3v) is 2.83. The molecule has 0 saturated carbocycles. The molecule has 6 heteroatoms. The second-order valence-corrected chi connectivity index (χ2v) is 4.05. The van der Waals surface area contributed by atoms with Crippen molar-refractivity contribution >= 4 is 5.91 Å². The van der Waals surface area contributed by atoms with Crippen LogP contribution >= 0.6 is 0 Å². The first-order valence-corrected chi connectivity index (χ1v) is 5.61. The zero-order chi connectivity index (χ0) is 11.4. The molecule has 1 unspecified atom stereocenters. The molecule has 2 heterocycles. The number of hydrogen-bond donors (Lipinski definition) is 2. The Morgan fingerprint density at radius 1 is 1.75 bits per heavy atom. The SMILES string of the molecule is Cn1cnnc1CCNC(=O)C1CCCN1. The van der Waals surface area contributed by atoms with Crippen LogP contribution in [-0.2, 0) is 18.3 Å². The maximum atomic E-state index is 11.6. The Morgan fingerprint density at radius 2 is 2.62 bits per heavy atom. The van der Waals surface area contributed by atoms with Crippen molar-refractivity contribution in [1.82, 2.24) is 25.4 Å². The molecular formula is C10H17N5O. The molecule has 1 saturated heterocycles. The van der Waals surface area contributed by atoms with Crippen LogP contribution in [0.4, 0.5) is 0 Å². The summed E-state index contributed by atoms with van der Waals surface area (Å²) in [6, 6.07) is -0.000466. The van der Waals surface area contributed by atoms with E-state index in [9.17, 15) is 4.79 Å². The van der Waals surface area contributed by atoms with Gasteiger partial charge in [-0.25, -0.2) is 0 Å². The number of aryl methyl sites for hydroxylation is 1. The van der Waals surface area contributed by atoms with Gasteiger partial charge in [0, 0.05) is 20.0 Å². The van der Waals surface area contributed by atoms with Crippen molar-refractivity contribution < 1.29 is 4.79 Å². The van der Waals surface area contributed by atoms with Crippen LogP contribution in [0.15, 0.2) is 6.33 Å². The zero-order valence-corrected chi connectivity index (χ0v) is 9.44. The first-order chi connectivity index (χ1) is 7.77. The minimum atomic E-state index is -0.000466. The average Bonchev–Trinajstić information content (AvgIpc) is 2.90. The molecule has 2 N–H and O–H groups in total. The fourth-order valence-electron chi connectivity index (χ4n) is 1.86. The molecule has 0 bridgehead atoms. The zero-order valence-electron chi connectivity index (χ0n) is 9.44. The van der Waals surface area contributed by atoms with Crippen molar-refractivity contribution in [3.8, 4) is 0 Å². The number of carbonyl (C=O) groups excluding carboxylic acids is 1. The molecule has 1 aromatic rings. The van der Waals surface area contributed by atoms with E-state index in [1.165, 1.54) is 0 Å². The van der Waals surface area contributed by atoms with E-state index in [-0.39, 0.29) is 11.9 Å². The Bertz CT molecular complexity index is 356. The third-order valence-electron chi connectivity index (χ3n) is 2.83. The lowest BCUT2D eigenvalue weighted by atomic mass is 10.2. The number of rotatable bonds is 4. The Kier molecular flexibility index (Phi) is 3.51. The van der Waals surface area contributed by atoms with E-state index in [4.69, 9.17) is 0 Å². The predicted octanol–water partition coefficient (Wildman–Crippen LogP) is -0.774. The predicted molar refractivity (Wildman–Crippen MR) is 58.7 cm³/mol. The van der Waals surface area contributed by atoms with Gasteiger partial charge in [0.05, 0.1) is 6.04 Å². The van der Waals surface area contributed by atoms with Crippen molar-refractivity contribution in [2.24, 2.45) is 7.05 Å². The smallest absolute Gasteiger partial charge is 0.237 e. The van der Waals surface area contributed by atoms with Crippen LogP contribution in [0.5, 0.6) is 0 Å². The molecule has 0 aromatic carbocycles. The van der Waals surface area contributed by atoms with Gasteiger partial charge in [0.1, 0.15) is 12.2 Å². The molecule has 0 radical (unpaired) electrons. The summed E-state index contributed by atoms with van der Waals surface area (Å²) in [6.07, 6.45) is 4.40. The summed E-state index contributed by atoms with van der Waals surface area (Å²) >= 11 is 0. The molecule has 1 fully saturated rings. The highest BCUT2D eigenvalue weighted by molar-refractivity contribution is 5.81. The second-order valence-electron chi connectivity index (χ2n) is 4.05. The summed E-state index contributed by atoms with van der Waals surface area (Å²) in [4.78, 5) is 11.6. The van der Waals surface area contributed by atoms with Gasteiger partial charge in [-0.3, -0.25) is 4.79 Å². The van der Waals surface area contributed by atoms with Crippen LogP contribution in [0, 0.1) is 0 Å². The fraction of sp³-hybridized carbons (Fsp3) is 0.700. The van der Waals surface area contributed by atoms with Crippen LogP contribution < -0.4 is 10.6 Å². The van der Waals surface area contributed by atoms with Crippen LogP contribution in [0.3, 0.4) is 0 Å². The average molecular weight is 223 g/mol. The monoisotopic (exact) mass is 223 g/mol. The Labute approximate surface area is 94.4 Å². The first kappa shape index (κ1) is 11.1. The van der Waals surface area contributed by atoms with Crippen molar-refractivity contribution in [1.29, 1.82) is 0 Å². The summed E-state index contributed by atoms with van der Waals surface area (Å²) in [6.45, 7) is 1.56. The third kappa shape index (κ3) is 2.57. The van der Waals surface area contributed by atoms with E-state index >= 15 is 0 Å². The lowest BCUT2D eigenvalue weighted by molar-refractivity contribution is -0.122. The minimum Gasteiger partial charge on any atom is -0.354 e. The maximum Gasteiger partial charge on any atom is 0.237 e. The lowest BCUT2D eigenvalue weighted by Crippen LogP contribution is -2.41. The quantitative estimate of drug-likeness (QED) is 0.703. The van der Waals surface area contributed by atoms with Gasteiger partial charge < -0.3 is 15.2 Å². The highest BCUT2D eigenvalue weighted by Gasteiger charge is 2.21. The standard InChI is InChI=1S/C10H17N5O/c1-15-7-13-14-9(15)4-6-12-10(16)8-3-2-5-11-8/h7-8,11H,2-6H2,1H3,(H,12,16). The summed E-state index contributed by atoms with van der Waals surface area (Å²) in [7, 11) is 1.90. The number of amides is 1. The molecule has 16 heavy (non-hydrogen) atoms. The molecule has 2 rings (SSSR count). The molecule has 1 aromatic heterocycles. The van der Waals surface area contributed by atoms with Gasteiger partial charge in [-0.2, -0.15) is 0 Å². The highest BCUT2D eigenvalue weighted by atomic mass is 16.2. The second kappa shape index (κ2) is 5.07. The van der Waals surface area contributed by atoms with Crippen LogP contribution in [0.1, 0.15) is 18.7 Å². The van der Waals surface area contributed by atoms with Crippen molar-refractivity contribution in [3.05, 3.63) is 12.2 Å².